The van der Waals surface area contributed by atoms with Crippen molar-refractivity contribution in [2.45, 2.75) is 6.92 Å². The van der Waals surface area contributed by atoms with Gasteiger partial charge in [0.25, 0.3) is 5.91 Å². The van der Waals surface area contributed by atoms with E-state index >= 15 is 0 Å². The highest BCUT2D eigenvalue weighted by molar-refractivity contribution is 6.31. The number of hydrogen-bond acceptors (Lipinski definition) is 5. The van der Waals surface area contributed by atoms with E-state index in [1.165, 1.54) is 13.3 Å². The van der Waals surface area contributed by atoms with Crippen molar-refractivity contribution < 1.29 is 19.5 Å². The summed E-state index contributed by atoms with van der Waals surface area (Å²) >= 11 is 6.02. The van der Waals surface area contributed by atoms with Crippen LogP contribution in [0.25, 0.3) is 0 Å². The number of aryl methyl sites for hydroxylation is 1. The molecule has 2 aromatic carbocycles. The Balaban J connectivity index is 1.99. The van der Waals surface area contributed by atoms with Crippen LogP contribution in [0.3, 0.4) is 0 Å². The number of amides is 1. The van der Waals surface area contributed by atoms with E-state index in [4.69, 9.17) is 26.3 Å². The third-order valence-corrected chi connectivity index (χ3v) is 3.62. The maximum absolute atomic E-state index is 12.0. The van der Waals surface area contributed by atoms with Crippen molar-refractivity contribution in [3.8, 4) is 11.5 Å². The van der Waals surface area contributed by atoms with Gasteiger partial charge in [0.15, 0.2) is 18.1 Å². The fourth-order valence-corrected chi connectivity index (χ4v) is 2.14. The maximum Gasteiger partial charge on any atom is 0.262 e. The number of carbonyl (C=O) groups excluding carboxylic acids is 1. The number of methoxy groups -OCH3 is 1. The van der Waals surface area contributed by atoms with Crippen LogP contribution in [0.5, 0.6) is 11.5 Å². The number of benzene rings is 2. The molecule has 1 amide bonds. The van der Waals surface area contributed by atoms with Crippen LogP contribution >= 0.6 is 11.6 Å². The van der Waals surface area contributed by atoms with Gasteiger partial charge in [-0.15, -0.1) is 0 Å². The SMILES string of the molecule is COc1cc(/C=N/O)ccc1OCC(=O)Nc1ccc(C)c(Cl)c1. The molecule has 24 heavy (non-hydrogen) atoms. The summed E-state index contributed by atoms with van der Waals surface area (Å²) in [6.45, 7) is 1.70. The smallest absolute Gasteiger partial charge is 0.262 e. The minimum atomic E-state index is -0.321. The van der Waals surface area contributed by atoms with Crippen molar-refractivity contribution in [1.29, 1.82) is 0 Å². The highest BCUT2D eigenvalue weighted by Gasteiger charge is 2.09. The molecule has 0 saturated carbocycles. The zero-order valence-corrected chi connectivity index (χ0v) is 14.0. The Labute approximate surface area is 144 Å². The largest absolute Gasteiger partial charge is 0.493 e. The number of ether oxygens (including phenoxy) is 2. The minimum absolute atomic E-state index is 0.185. The molecule has 126 valence electrons. The Morgan fingerprint density at radius 3 is 2.75 bits per heavy atom. The molecule has 2 aromatic rings. The topological polar surface area (TPSA) is 80.2 Å². The lowest BCUT2D eigenvalue weighted by atomic mass is 10.2. The van der Waals surface area contributed by atoms with E-state index < -0.39 is 0 Å². The molecule has 2 N–H and O–H groups in total. The number of carbonyl (C=O) groups is 1. The summed E-state index contributed by atoms with van der Waals surface area (Å²) < 4.78 is 10.7. The molecule has 0 heterocycles. The standard InChI is InChI=1S/C17H17ClN2O4/c1-11-3-5-13(8-14(11)18)20-17(21)10-24-15-6-4-12(9-19-22)7-16(15)23-2/h3-9,22H,10H2,1-2H3,(H,20,21)/b19-9+. The molecule has 0 atom stereocenters. The number of rotatable bonds is 6. The van der Waals surface area contributed by atoms with Gasteiger partial charge in [-0.3, -0.25) is 4.79 Å². The molecule has 0 unspecified atom stereocenters. The normalized spacial score (nSPS) is 10.6. The number of nitrogens with zero attached hydrogens (tertiary/aromatic N) is 1. The van der Waals surface area contributed by atoms with E-state index in [1.807, 2.05) is 13.0 Å². The lowest BCUT2D eigenvalue weighted by molar-refractivity contribution is -0.118. The molecule has 0 aliphatic carbocycles. The summed E-state index contributed by atoms with van der Waals surface area (Å²) in [5.41, 5.74) is 2.17. The first kappa shape index (κ1) is 17.6. The summed E-state index contributed by atoms with van der Waals surface area (Å²) in [6, 6.07) is 10.2. The van der Waals surface area contributed by atoms with Crippen LogP contribution in [-0.2, 0) is 4.79 Å². The molecule has 0 spiro atoms. The average Bonchev–Trinajstić information content (AvgIpc) is 2.57. The maximum atomic E-state index is 12.0. The minimum Gasteiger partial charge on any atom is -0.493 e. The molecule has 0 aromatic heterocycles. The molecule has 0 radical (unpaired) electrons. The van der Waals surface area contributed by atoms with E-state index in [0.29, 0.717) is 27.8 Å². The number of oxime groups is 1. The number of halogens is 1. The van der Waals surface area contributed by atoms with E-state index in [0.717, 1.165) is 5.56 Å². The molecule has 0 saturated heterocycles. The highest BCUT2D eigenvalue weighted by Crippen LogP contribution is 2.27. The highest BCUT2D eigenvalue weighted by atomic mass is 35.5. The molecule has 0 aliphatic heterocycles. The van der Waals surface area contributed by atoms with Gasteiger partial charge in [0.05, 0.1) is 13.3 Å². The first-order valence-electron chi connectivity index (χ1n) is 7.07. The van der Waals surface area contributed by atoms with Gasteiger partial charge in [0, 0.05) is 16.3 Å². The van der Waals surface area contributed by atoms with Gasteiger partial charge in [-0.05, 0) is 42.8 Å². The molecule has 0 bridgehead atoms. The second kappa shape index (κ2) is 8.21. The summed E-state index contributed by atoms with van der Waals surface area (Å²) in [7, 11) is 1.48. The zero-order chi connectivity index (χ0) is 17.5. The van der Waals surface area contributed by atoms with Crippen LogP contribution in [0, 0.1) is 6.92 Å². The Kier molecular flexibility index (Phi) is 6.03. The van der Waals surface area contributed by atoms with Crippen LogP contribution in [0.2, 0.25) is 5.02 Å². The number of nitrogens with one attached hydrogen (secondary N) is 1. The van der Waals surface area contributed by atoms with Crippen molar-refractivity contribution >= 4 is 29.4 Å². The third-order valence-electron chi connectivity index (χ3n) is 3.21. The second-order valence-electron chi connectivity index (χ2n) is 4.96. The fourth-order valence-electron chi connectivity index (χ4n) is 1.96. The van der Waals surface area contributed by atoms with Gasteiger partial charge in [-0.1, -0.05) is 22.8 Å². The second-order valence-corrected chi connectivity index (χ2v) is 5.36. The first-order chi connectivity index (χ1) is 11.5. The summed E-state index contributed by atoms with van der Waals surface area (Å²) in [5.74, 6) is 0.515. The molecule has 0 aliphatic rings. The summed E-state index contributed by atoms with van der Waals surface area (Å²) in [4.78, 5) is 12.0. The van der Waals surface area contributed by atoms with E-state index in [9.17, 15) is 4.79 Å². The average molecular weight is 349 g/mol. The molecule has 7 heteroatoms. The van der Waals surface area contributed by atoms with Gasteiger partial charge >= 0.3 is 0 Å². The van der Waals surface area contributed by atoms with Crippen LogP contribution in [0.15, 0.2) is 41.6 Å². The molecule has 0 fully saturated rings. The van der Waals surface area contributed by atoms with Crippen LogP contribution < -0.4 is 14.8 Å². The lowest BCUT2D eigenvalue weighted by Crippen LogP contribution is -2.20. The van der Waals surface area contributed by atoms with Gasteiger partial charge < -0.3 is 20.0 Å². The Hall–Kier alpha value is -2.73. The van der Waals surface area contributed by atoms with Gasteiger partial charge in [-0.2, -0.15) is 0 Å². The predicted octanol–water partition coefficient (Wildman–Crippen LogP) is 3.48. The molecular formula is C17H17ClN2O4. The molecular weight excluding hydrogens is 332 g/mol. The zero-order valence-electron chi connectivity index (χ0n) is 13.2. The number of anilines is 1. The van der Waals surface area contributed by atoms with Gasteiger partial charge in [-0.25, -0.2) is 0 Å². The third kappa shape index (κ3) is 4.63. The van der Waals surface area contributed by atoms with Gasteiger partial charge in [0.2, 0.25) is 0 Å². The molecule has 6 nitrogen and oxygen atoms in total. The van der Waals surface area contributed by atoms with Gasteiger partial charge in [0.1, 0.15) is 0 Å². The number of hydrogen-bond donors (Lipinski definition) is 2. The molecule has 2 rings (SSSR count). The van der Waals surface area contributed by atoms with E-state index in [2.05, 4.69) is 10.5 Å². The lowest BCUT2D eigenvalue weighted by Gasteiger charge is -2.11. The van der Waals surface area contributed by atoms with Crippen molar-refractivity contribution in [3.05, 3.63) is 52.5 Å². The van der Waals surface area contributed by atoms with Crippen LogP contribution in [0.1, 0.15) is 11.1 Å². The quantitative estimate of drug-likeness (QED) is 0.476. The first-order valence-corrected chi connectivity index (χ1v) is 7.45. The van der Waals surface area contributed by atoms with Crippen LogP contribution in [-0.4, -0.2) is 31.0 Å². The van der Waals surface area contributed by atoms with Crippen molar-refractivity contribution in [2.24, 2.45) is 5.16 Å². The summed E-state index contributed by atoms with van der Waals surface area (Å²) in [6.07, 6.45) is 1.26. The van der Waals surface area contributed by atoms with E-state index in [-0.39, 0.29) is 12.5 Å². The Morgan fingerprint density at radius 1 is 1.29 bits per heavy atom. The predicted molar refractivity (Wildman–Crippen MR) is 92.7 cm³/mol. The van der Waals surface area contributed by atoms with Crippen molar-refractivity contribution in [3.63, 3.8) is 0 Å². The van der Waals surface area contributed by atoms with Crippen molar-refractivity contribution in [1.82, 2.24) is 0 Å². The van der Waals surface area contributed by atoms with E-state index in [1.54, 1.807) is 30.3 Å². The Morgan fingerprint density at radius 2 is 2.08 bits per heavy atom. The fraction of sp³-hybridized carbons (Fsp3) is 0.176. The monoisotopic (exact) mass is 348 g/mol. The Bertz CT molecular complexity index is 762. The summed E-state index contributed by atoms with van der Waals surface area (Å²) in [5, 5.41) is 14.8. The van der Waals surface area contributed by atoms with Crippen LogP contribution in [0.4, 0.5) is 5.69 Å². The van der Waals surface area contributed by atoms with Crippen molar-refractivity contribution in [2.75, 3.05) is 19.0 Å².